The van der Waals surface area contributed by atoms with Crippen LogP contribution in [0.2, 0.25) is 0 Å². The fourth-order valence-electron chi connectivity index (χ4n) is 2.13. The minimum atomic E-state index is -0.121. The van der Waals surface area contributed by atoms with Gasteiger partial charge in [0.1, 0.15) is 5.75 Å². The van der Waals surface area contributed by atoms with Crippen LogP contribution in [0.25, 0.3) is 6.08 Å². The molecule has 1 heterocycles. The van der Waals surface area contributed by atoms with Gasteiger partial charge in [-0.05, 0) is 43.0 Å². The molecule has 0 atom stereocenters. The van der Waals surface area contributed by atoms with E-state index in [-0.39, 0.29) is 11.7 Å². The molecule has 0 bridgehead atoms. The van der Waals surface area contributed by atoms with Crippen molar-refractivity contribution < 1.29 is 9.90 Å². The minimum absolute atomic E-state index is 0.121. The number of para-hydroxylation sites is 1. The van der Waals surface area contributed by atoms with Crippen LogP contribution < -0.4 is 0 Å². The molecule has 3 rings (SSSR count). The molecule has 1 fully saturated rings. The van der Waals surface area contributed by atoms with Crippen molar-refractivity contribution in [2.24, 2.45) is 4.99 Å². The van der Waals surface area contributed by atoms with Crippen molar-refractivity contribution in [3.05, 3.63) is 64.6 Å². The highest BCUT2D eigenvalue weighted by Gasteiger charge is 2.30. The number of phenols is 1. The molecule has 0 aromatic heterocycles. The Kier molecular flexibility index (Phi) is 4.21. The molecule has 1 saturated heterocycles. The zero-order valence-electron chi connectivity index (χ0n) is 12.9. The maximum Gasteiger partial charge on any atom is 0.266 e. The number of rotatable bonds is 2. The number of nitrogens with zero attached hydrogens (tertiary/aromatic N) is 2. The number of carbonyl (C=O) groups excluding carboxylic acids is 1. The third-order valence-corrected chi connectivity index (χ3v) is 4.55. The van der Waals surface area contributed by atoms with E-state index in [1.54, 1.807) is 31.3 Å². The van der Waals surface area contributed by atoms with Crippen LogP contribution in [-0.2, 0) is 4.79 Å². The Morgan fingerprint density at radius 1 is 1.13 bits per heavy atom. The summed E-state index contributed by atoms with van der Waals surface area (Å²) in [6, 6.07) is 14.8. The third-order valence-electron chi connectivity index (χ3n) is 3.49. The maximum absolute atomic E-state index is 12.4. The quantitative estimate of drug-likeness (QED) is 0.852. The summed E-state index contributed by atoms with van der Waals surface area (Å²) in [6.45, 7) is 2.02. The number of amides is 1. The van der Waals surface area contributed by atoms with Crippen LogP contribution in [0.5, 0.6) is 5.75 Å². The molecule has 23 heavy (non-hydrogen) atoms. The van der Waals surface area contributed by atoms with Gasteiger partial charge >= 0.3 is 0 Å². The van der Waals surface area contributed by atoms with Gasteiger partial charge in [-0.1, -0.05) is 35.9 Å². The van der Waals surface area contributed by atoms with Crippen molar-refractivity contribution >= 4 is 34.6 Å². The molecule has 0 aliphatic carbocycles. The third kappa shape index (κ3) is 3.29. The lowest BCUT2D eigenvalue weighted by Crippen LogP contribution is -2.23. The number of aliphatic imine (C=N–C) groups is 1. The second-order valence-corrected chi connectivity index (χ2v) is 6.27. The van der Waals surface area contributed by atoms with Gasteiger partial charge in [0, 0.05) is 12.6 Å². The highest BCUT2D eigenvalue weighted by atomic mass is 32.2. The zero-order valence-corrected chi connectivity index (χ0v) is 13.7. The molecular formula is C18H16N2O2S. The van der Waals surface area contributed by atoms with Crippen LogP contribution in [0.15, 0.2) is 58.4 Å². The van der Waals surface area contributed by atoms with E-state index in [0.717, 1.165) is 11.3 Å². The summed E-state index contributed by atoms with van der Waals surface area (Å²) in [5, 5.41) is 10.5. The fraction of sp³-hybridized carbons (Fsp3) is 0.111. The van der Waals surface area contributed by atoms with Crippen LogP contribution in [-0.4, -0.2) is 28.1 Å². The first-order valence-electron chi connectivity index (χ1n) is 7.15. The van der Waals surface area contributed by atoms with Crippen LogP contribution >= 0.6 is 11.8 Å². The summed E-state index contributed by atoms with van der Waals surface area (Å²) >= 11 is 1.31. The lowest BCUT2D eigenvalue weighted by Gasteiger charge is -2.07. The summed E-state index contributed by atoms with van der Waals surface area (Å²) in [4.78, 5) is 18.9. The SMILES string of the molecule is Cc1ccc(N=C2S/C(=C/c3ccccc3O)C(=O)N2C)cc1. The normalized spacial score (nSPS) is 18.2. The number of aryl methyl sites for hydroxylation is 1. The van der Waals surface area contributed by atoms with E-state index in [4.69, 9.17) is 0 Å². The van der Waals surface area contributed by atoms with Gasteiger partial charge in [0.2, 0.25) is 0 Å². The molecule has 2 aromatic carbocycles. The van der Waals surface area contributed by atoms with Crippen molar-refractivity contribution in [2.45, 2.75) is 6.92 Å². The van der Waals surface area contributed by atoms with E-state index in [0.29, 0.717) is 15.6 Å². The molecule has 0 radical (unpaired) electrons. The number of carbonyl (C=O) groups is 1. The standard InChI is InChI=1S/C18H16N2O2S/c1-12-7-9-14(10-8-12)19-18-20(2)17(22)16(23-18)11-13-5-3-4-6-15(13)21/h3-11,21H,1-2H3/b16-11+,19-18?. The monoisotopic (exact) mass is 324 g/mol. The van der Waals surface area contributed by atoms with Crippen molar-refractivity contribution in [3.63, 3.8) is 0 Å². The Balaban J connectivity index is 1.91. The topological polar surface area (TPSA) is 52.9 Å². The first kappa shape index (κ1) is 15.4. The molecular weight excluding hydrogens is 308 g/mol. The summed E-state index contributed by atoms with van der Waals surface area (Å²) < 4.78 is 0. The van der Waals surface area contributed by atoms with Crippen molar-refractivity contribution in [1.29, 1.82) is 0 Å². The highest BCUT2D eigenvalue weighted by Crippen LogP contribution is 2.34. The largest absolute Gasteiger partial charge is 0.507 e. The Hall–Kier alpha value is -2.53. The van der Waals surface area contributed by atoms with E-state index in [1.165, 1.54) is 16.7 Å². The molecule has 0 saturated carbocycles. The molecule has 0 spiro atoms. The van der Waals surface area contributed by atoms with E-state index in [9.17, 15) is 9.90 Å². The number of hydrogen-bond donors (Lipinski definition) is 1. The smallest absolute Gasteiger partial charge is 0.266 e. The van der Waals surface area contributed by atoms with E-state index in [1.807, 2.05) is 37.3 Å². The maximum atomic E-state index is 12.4. The van der Waals surface area contributed by atoms with Crippen molar-refractivity contribution in [1.82, 2.24) is 4.90 Å². The zero-order chi connectivity index (χ0) is 16.4. The molecule has 4 nitrogen and oxygen atoms in total. The highest BCUT2D eigenvalue weighted by molar-refractivity contribution is 8.18. The number of benzene rings is 2. The van der Waals surface area contributed by atoms with Crippen molar-refractivity contribution in [3.8, 4) is 5.75 Å². The van der Waals surface area contributed by atoms with E-state index >= 15 is 0 Å². The number of thioether (sulfide) groups is 1. The Morgan fingerprint density at radius 2 is 1.83 bits per heavy atom. The Morgan fingerprint density at radius 3 is 2.52 bits per heavy atom. The Bertz CT molecular complexity index is 810. The van der Waals surface area contributed by atoms with Gasteiger partial charge in [0.05, 0.1) is 10.6 Å². The Labute approximate surface area is 139 Å². The second-order valence-electron chi connectivity index (χ2n) is 5.26. The predicted octanol–water partition coefficient (Wildman–Crippen LogP) is 3.93. The van der Waals surface area contributed by atoms with Gasteiger partial charge in [-0.2, -0.15) is 0 Å². The van der Waals surface area contributed by atoms with Crippen molar-refractivity contribution in [2.75, 3.05) is 7.05 Å². The molecule has 2 aromatic rings. The lowest BCUT2D eigenvalue weighted by molar-refractivity contribution is -0.121. The number of phenolic OH excluding ortho intramolecular Hbond substituents is 1. The van der Waals surface area contributed by atoms with Gasteiger partial charge in [-0.15, -0.1) is 0 Å². The minimum Gasteiger partial charge on any atom is -0.507 e. The van der Waals surface area contributed by atoms with Gasteiger partial charge in [0.15, 0.2) is 5.17 Å². The van der Waals surface area contributed by atoms with Crippen LogP contribution in [0.3, 0.4) is 0 Å². The lowest BCUT2D eigenvalue weighted by atomic mass is 10.2. The summed E-state index contributed by atoms with van der Waals surface area (Å²) in [6.07, 6.45) is 1.69. The second kappa shape index (κ2) is 6.30. The molecule has 1 aliphatic heterocycles. The molecule has 0 unspecified atom stereocenters. The average Bonchev–Trinajstić information content (AvgIpc) is 2.80. The number of likely N-dealkylation sites (N-methyl/N-ethyl adjacent to an activating group) is 1. The van der Waals surface area contributed by atoms with Crippen LogP contribution in [0.1, 0.15) is 11.1 Å². The first-order chi connectivity index (χ1) is 11.0. The number of amidine groups is 1. The number of aromatic hydroxyl groups is 1. The summed E-state index contributed by atoms with van der Waals surface area (Å²) in [5.74, 6) is 0.0316. The van der Waals surface area contributed by atoms with Crippen LogP contribution in [0.4, 0.5) is 5.69 Å². The average molecular weight is 324 g/mol. The van der Waals surface area contributed by atoms with E-state index in [2.05, 4.69) is 4.99 Å². The predicted molar refractivity (Wildman–Crippen MR) is 94.7 cm³/mol. The summed E-state index contributed by atoms with van der Waals surface area (Å²) in [7, 11) is 1.70. The van der Waals surface area contributed by atoms with Gasteiger partial charge < -0.3 is 5.11 Å². The van der Waals surface area contributed by atoms with E-state index < -0.39 is 0 Å². The first-order valence-corrected chi connectivity index (χ1v) is 7.97. The van der Waals surface area contributed by atoms with Gasteiger partial charge in [-0.25, -0.2) is 4.99 Å². The van der Waals surface area contributed by atoms with Crippen LogP contribution in [0, 0.1) is 6.92 Å². The molecule has 1 aliphatic rings. The number of hydrogen-bond acceptors (Lipinski definition) is 4. The molecule has 116 valence electrons. The fourth-order valence-corrected chi connectivity index (χ4v) is 3.11. The molecule has 1 N–H and O–H groups in total. The van der Waals surface area contributed by atoms with Gasteiger partial charge in [0.25, 0.3) is 5.91 Å². The van der Waals surface area contributed by atoms with Gasteiger partial charge in [-0.3, -0.25) is 9.69 Å². The molecule has 1 amide bonds. The molecule has 5 heteroatoms. The summed E-state index contributed by atoms with van der Waals surface area (Å²) in [5.41, 5.74) is 2.59.